The molecule has 0 saturated carbocycles. The van der Waals surface area contributed by atoms with Crippen LogP contribution in [0.1, 0.15) is 32.4 Å². The summed E-state index contributed by atoms with van der Waals surface area (Å²) in [6, 6.07) is 10.1. The molecule has 3 N–H and O–H groups in total. The molecule has 30 heavy (non-hydrogen) atoms. The van der Waals surface area contributed by atoms with E-state index in [2.05, 4.69) is 25.1 Å². The Morgan fingerprint density at radius 1 is 0.800 bits per heavy atom. The molecule has 0 aliphatic carbocycles. The molecule has 159 valence electrons. The van der Waals surface area contributed by atoms with Crippen molar-refractivity contribution in [1.82, 2.24) is 25.1 Å². The third-order valence-electron chi connectivity index (χ3n) is 4.77. The van der Waals surface area contributed by atoms with E-state index in [4.69, 9.17) is 10.2 Å². The number of carboxylic acid groups (broad SMARTS) is 2. The quantitative estimate of drug-likeness (QED) is 0.479. The van der Waals surface area contributed by atoms with Gasteiger partial charge in [0.25, 0.3) is 0 Å². The summed E-state index contributed by atoms with van der Waals surface area (Å²) in [7, 11) is 0. The Labute approximate surface area is 216 Å². The Kier molecular flexibility index (Phi) is 10.4. The molecule has 0 spiro atoms. The Morgan fingerprint density at radius 2 is 1.23 bits per heavy atom. The Morgan fingerprint density at radius 3 is 1.63 bits per heavy atom. The van der Waals surface area contributed by atoms with Gasteiger partial charge in [0.2, 0.25) is 0 Å². The zero-order valence-electron chi connectivity index (χ0n) is 16.5. The van der Waals surface area contributed by atoms with E-state index >= 15 is 0 Å². The van der Waals surface area contributed by atoms with Gasteiger partial charge in [-0.2, -0.15) is 0 Å². The first-order chi connectivity index (χ1) is 14.0. The topological polar surface area (TPSA) is 119 Å². The predicted molar refractivity (Wildman–Crippen MR) is 106 cm³/mol. The second-order valence-corrected chi connectivity index (χ2v) is 6.94. The van der Waals surface area contributed by atoms with Gasteiger partial charge >= 0.3 is 61.3 Å². The number of nitrogens with one attached hydrogen (secondary N) is 1. The maximum atomic E-state index is 11.1. The molecule has 0 atom stereocenters. The van der Waals surface area contributed by atoms with Gasteiger partial charge in [-0.05, 0) is 24.3 Å². The van der Waals surface area contributed by atoms with Gasteiger partial charge in [0.15, 0.2) is 0 Å². The number of aromatic carboxylic acids is 2. The van der Waals surface area contributed by atoms with Gasteiger partial charge in [0, 0.05) is 52.4 Å². The first-order valence-corrected chi connectivity index (χ1v) is 9.55. The van der Waals surface area contributed by atoms with Crippen LogP contribution in [0.3, 0.4) is 0 Å². The fourth-order valence-corrected chi connectivity index (χ4v) is 3.25. The smallest absolute Gasteiger partial charge is 0.477 e. The maximum Gasteiger partial charge on any atom is 2.00 e. The zero-order chi connectivity index (χ0) is 20.6. The van der Waals surface area contributed by atoms with Crippen LogP contribution >= 0.6 is 0 Å². The van der Waals surface area contributed by atoms with Gasteiger partial charge in [-0.25, -0.2) is 19.6 Å². The molecule has 3 heterocycles. The molecule has 0 unspecified atom stereocenters. The van der Waals surface area contributed by atoms with E-state index < -0.39 is 11.9 Å². The Hall–Kier alpha value is -1.30. The summed E-state index contributed by atoms with van der Waals surface area (Å²) in [6.45, 7) is 6.06. The Bertz CT molecular complexity index is 797. The van der Waals surface area contributed by atoms with Crippen LogP contribution < -0.4 is 5.32 Å². The van der Waals surface area contributed by atoms with Crippen LogP contribution in [0.5, 0.6) is 0 Å². The standard InChI is InChI=1S/C20H25N5O4.Eu/c26-19(27)17-5-1-3-15(22-17)13-24-9-7-21-8-10-25(12-11-24)14-16-4-2-6-18(23-16)20(28)29;/h1-6,21H,7-14H2,(H,26,27)(H,28,29);/q;+2. The number of carbonyl (C=O) groups is 2. The van der Waals surface area contributed by atoms with Crippen LogP contribution in [-0.2, 0) is 13.1 Å². The maximum absolute atomic E-state index is 11.1. The average molecular weight is 551 g/mol. The van der Waals surface area contributed by atoms with Crippen molar-refractivity contribution in [3.63, 3.8) is 0 Å². The van der Waals surface area contributed by atoms with E-state index in [-0.39, 0.29) is 60.8 Å². The van der Waals surface area contributed by atoms with E-state index in [1.807, 2.05) is 12.1 Å². The Balaban J connectivity index is 0.00000320. The molecule has 1 saturated heterocycles. The van der Waals surface area contributed by atoms with Crippen molar-refractivity contribution in [3.05, 3.63) is 59.2 Å². The molecule has 0 amide bonds. The molecule has 2 aromatic heterocycles. The molecule has 1 fully saturated rings. The van der Waals surface area contributed by atoms with Crippen molar-refractivity contribution in [2.45, 2.75) is 13.1 Å². The number of aromatic nitrogens is 2. The summed E-state index contributed by atoms with van der Waals surface area (Å²) in [5.74, 6) is -2.06. The molecular formula is C20H25EuN5O4+2. The summed E-state index contributed by atoms with van der Waals surface area (Å²) in [5, 5.41) is 21.7. The summed E-state index contributed by atoms with van der Waals surface area (Å²) in [4.78, 5) is 35.2. The van der Waals surface area contributed by atoms with Gasteiger partial charge in [-0.3, -0.25) is 9.80 Å². The molecule has 9 nitrogen and oxygen atoms in total. The van der Waals surface area contributed by atoms with Crippen LogP contribution in [0.4, 0.5) is 0 Å². The fourth-order valence-electron chi connectivity index (χ4n) is 3.25. The van der Waals surface area contributed by atoms with Crippen LogP contribution in [0.15, 0.2) is 36.4 Å². The molecule has 0 aromatic carbocycles. The second-order valence-electron chi connectivity index (χ2n) is 6.94. The number of pyridine rings is 2. The number of hydrogen-bond donors (Lipinski definition) is 3. The van der Waals surface area contributed by atoms with Crippen LogP contribution in [0, 0.1) is 49.4 Å². The van der Waals surface area contributed by atoms with Crippen molar-refractivity contribution < 1.29 is 69.2 Å². The zero-order valence-corrected chi connectivity index (χ0v) is 18.9. The van der Waals surface area contributed by atoms with Crippen LogP contribution in [-0.4, -0.2) is 81.2 Å². The number of nitrogens with zero attached hydrogens (tertiary/aromatic N) is 4. The van der Waals surface area contributed by atoms with Crippen LogP contribution in [0.2, 0.25) is 0 Å². The summed E-state index contributed by atoms with van der Waals surface area (Å²) in [5.41, 5.74) is 1.56. The molecule has 1 aliphatic rings. The van der Waals surface area contributed by atoms with Gasteiger partial charge in [0.1, 0.15) is 11.4 Å². The third kappa shape index (κ3) is 7.75. The van der Waals surface area contributed by atoms with E-state index in [0.29, 0.717) is 13.1 Å². The minimum atomic E-state index is -1.03. The normalized spacial score (nSPS) is 16.0. The van der Waals surface area contributed by atoms with Crippen molar-refractivity contribution in [2.24, 2.45) is 0 Å². The average Bonchev–Trinajstić information content (AvgIpc) is 2.81. The van der Waals surface area contributed by atoms with E-state index in [0.717, 1.165) is 50.7 Å². The molecule has 1 aliphatic heterocycles. The second kappa shape index (κ2) is 12.5. The molecule has 3 rings (SSSR count). The van der Waals surface area contributed by atoms with E-state index in [1.54, 1.807) is 12.1 Å². The van der Waals surface area contributed by atoms with Gasteiger partial charge in [-0.1, -0.05) is 12.1 Å². The molecular weight excluding hydrogens is 526 g/mol. The minimum absolute atomic E-state index is 0. The van der Waals surface area contributed by atoms with Crippen molar-refractivity contribution in [1.29, 1.82) is 0 Å². The SMILES string of the molecule is O=C(O)c1cccc(CN2CCNCCN(Cc3cccc(C(=O)O)n3)CC2)n1.[Eu+2]. The van der Waals surface area contributed by atoms with Crippen LogP contribution in [0.25, 0.3) is 0 Å². The summed E-state index contributed by atoms with van der Waals surface area (Å²) < 4.78 is 0. The summed E-state index contributed by atoms with van der Waals surface area (Å²) in [6.07, 6.45) is 0. The van der Waals surface area contributed by atoms with Crippen molar-refractivity contribution >= 4 is 11.9 Å². The first kappa shape index (κ1) is 25.0. The van der Waals surface area contributed by atoms with Crippen molar-refractivity contribution in [2.75, 3.05) is 39.3 Å². The van der Waals surface area contributed by atoms with Gasteiger partial charge in [-0.15, -0.1) is 0 Å². The fraction of sp³-hybridized carbons (Fsp3) is 0.400. The summed E-state index contributed by atoms with van der Waals surface area (Å²) >= 11 is 0. The van der Waals surface area contributed by atoms with Gasteiger partial charge < -0.3 is 15.5 Å². The number of carboxylic acids is 2. The third-order valence-corrected chi connectivity index (χ3v) is 4.77. The molecule has 1 radical (unpaired) electrons. The van der Waals surface area contributed by atoms with E-state index in [9.17, 15) is 9.59 Å². The minimum Gasteiger partial charge on any atom is -0.477 e. The van der Waals surface area contributed by atoms with E-state index in [1.165, 1.54) is 12.1 Å². The molecule has 2 aromatic rings. The van der Waals surface area contributed by atoms with Crippen molar-refractivity contribution in [3.8, 4) is 0 Å². The number of rotatable bonds is 6. The molecule has 0 bridgehead atoms. The largest absolute Gasteiger partial charge is 2.00 e. The predicted octanol–water partition coefficient (Wildman–Crippen LogP) is 0.780. The van der Waals surface area contributed by atoms with Gasteiger partial charge in [0.05, 0.1) is 11.4 Å². The molecule has 10 heteroatoms. The number of hydrogen-bond acceptors (Lipinski definition) is 7. The first-order valence-electron chi connectivity index (χ1n) is 9.55. The monoisotopic (exact) mass is 552 g/mol.